The first kappa shape index (κ1) is 13.9. The summed E-state index contributed by atoms with van der Waals surface area (Å²) in [4.78, 5) is 17.7. The van der Waals surface area contributed by atoms with E-state index in [4.69, 9.17) is 10.5 Å². The molecule has 1 aromatic carbocycles. The van der Waals surface area contributed by atoms with E-state index in [0.29, 0.717) is 24.3 Å². The van der Waals surface area contributed by atoms with Crippen LogP contribution in [0.25, 0.3) is 10.9 Å². The SMILES string of the molecule is CCN(CC1CCCO1)C(=O)c1c[nH]c2cc(N)ccc12. The monoisotopic (exact) mass is 287 g/mol. The van der Waals surface area contributed by atoms with E-state index in [-0.39, 0.29) is 12.0 Å². The largest absolute Gasteiger partial charge is 0.399 e. The number of amides is 1. The van der Waals surface area contributed by atoms with Crippen molar-refractivity contribution >= 4 is 22.5 Å². The van der Waals surface area contributed by atoms with Gasteiger partial charge in [-0.05, 0) is 38.0 Å². The molecule has 1 amide bonds. The highest BCUT2D eigenvalue weighted by Gasteiger charge is 2.23. The molecule has 21 heavy (non-hydrogen) atoms. The predicted molar refractivity (Wildman–Crippen MR) is 83.3 cm³/mol. The van der Waals surface area contributed by atoms with Crippen molar-refractivity contribution in [2.24, 2.45) is 0 Å². The van der Waals surface area contributed by atoms with E-state index in [1.165, 1.54) is 0 Å². The third kappa shape index (κ3) is 2.74. The van der Waals surface area contributed by atoms with Gasteiger partial charge in [0.1, 0.15) is 0 Å². The van der Waals surface area contributed by atoms with E-state index in [9.17, 15) is 4.79 Å². The van der Waals surface area contributed by atoms with E-state index < -0.39 is 0 Å². The molecule has 1 aromatic heterocycles. The van der Waals surface area contributed by atoms with Crippen molar-refractivity contribution in [3.63, 3.8) is 0 Å². The maximum atomic E-state index is 12.7. The van der Waals surface area contributed by atoms with Crippen LogP contribution in [0.15, 0.2) is 24.4 Å². The molecule has 0 bridgehead atoms. The number of nitrogens with zero attached hydrogens (tertiary/aromatic N) is 1. The number of ether oxygens (including phenoxy) is 1. The first-order valence-corrected chi connectivity index (χ1v) is 7.46. The van der Waals surface area contributed by atoms with Crippen LogP contribution in [0.4, 0.5) is 5.69 Å². The molecule has 3 N–H and O–H groups in total. The van der Waals surface area contributed by atoms with Crippen LogP contribution >= 0.6 is 0 Å². The van der Waals surface area contributed by atoms with Gasteiger partial charge in [-0.15, -0.1) is 0 Å². The highest BCUT2D eigenvalue weighted by molar-refractivity contribution is 6.07. The van der Waals surface area contributed by atoms with Crippen molar-refractivity contribution in [2.45, 2.75) is 25.9 Å². The van der Waals surface area contributed by atoms with Gasteiger partial charge < -0.3 is 20.4 Å². The van der Waals surface area contributed by atoms with E-state index in [1.54, 1.807) is 6.20 Å². The molecule has 5 nitrogen and oxygen atoms in total. The first-order valence-electron chi connectivity index (χ1n) is 7.46. The zero-order valence-corrected chi connectivity index (χ0v) is 12.3. The van der Waals surface area contributed by atoms with E-state index in [1.807, 2.05) is 30.0 Å². The minimum atomic E-state index is 0.0454. The molecule has 5 heteroatoms. The summed E-state index contributed by atoms with van der Waals surface area (Å²) in [5, 5.41) is 0.917. The van der Waals surface area contributed by atoms with Crippen molar-refractivity contribution in [1.82, 2.24) is 9.88 Å². The summed E-state index contributed by atoms with van der Waals surface area (Å²) in [6.07, 6.45) is 4.07. The normalized spacial score (nSPS) is 18.2. The molecule has 1 aliphatic rings. The summed E-state index contributed by atoms with van der Waals surface area (Å²) in [6.45, 7) is 4.15. The van der Waals surface area contributed by atoms with Crippen molar-refractivity contribution in [3.05, 3.63) is 30.0 Å². The number of aromatic nitrogens is 1. The quantitative estimate of drug-likeness (QED) is 0.848. The molecule has 0 saturated carbocycles. The number of likely N-dealkylation sites (N-methyl/N-ethyl adjacent to an activating group) is 1. The number of hydrogen-bond acceptors (Lipinski definition) is 3. The number of aromatic amines is 1. The molecule has 1 unspecified atom stereocenters. The number of nitrogens with two attached hydrogens (primary N) is 1. The Bertz CT molecular complexity index is 644. The zero-order chi connectivity index (χ0) is 14.8. The molecule has 0 aliphatic carbocycles. The molecule has 3 rings (SSSR count). The van der Waals surface area contributed by atoms with E-state index in [2.05, 4.69) is 4.98 Å². The number of carbonyl (C=O) groups is 1. The van der Waals surface area contributed by atoms with Crippen LogP contribution in [0.3, 0.4) is 0 Å². The fourth-order valence-corrected chi connectivity index (χ4v) is 2.88. The van der Waals surface area contributed by atoms with Gasteiger partial charge in [0, 0.05) is 42.5 Å². The Kier molecular flexibility index (Phi) is 3.84. The lowest BCUT2D eigenvalue weighted by Crippen LogP contribution is -2.37. The number of H-pyrrole nitrogens is 1. The summed E-state index contributed by atoms with van der Waals surface area (Å²) in [6, 6.07) is 5.57. The Morgan fingerprint density at radius 1 is 1.52 bits per heavy atom. The lowest BCUT2D eigenvalue weighted by Gasteiger charge is -2.23. The van der Waals surface area contributed by atoms with E-state index >= 15 is 0 Å². The van der Waals surface area contributed by atoms with Crippen molar-refractivity contribution in [1.29, 1.82) is 0 Å². The van der Waals surface area contributed by atoms with Gasteiger partial charge in [0.15, 0.2) is 0 Å². The number of nitrogens with one attached hydrogen (secondary N) is 1. The topological polar surface area (TPSA) is 71.3 Å². The molecular formula is C16H21N3O2. The molecule has 0 spiro atoms. The van der Waals surface area contributed by atoms with Gasteiger partial charge in [0.05, 0.1) is 11.7 Å². The Labute approximate surface area is 124 Å². The summed E-state index contributed by atoms with van der Waals surface area (Å²) in [5.74, 6) is 0.0454. The van der Waals surface area contributed by atoms with Crippen molar-refractivity contribution in [3.8, 4) is 0 Å². The molecule has 2 aromatic rings. The van der Waals surface area contributed by atoms with Crippen molar-refractivity contribution < 1.29 is 9.53 Å². The van der Waals surface area contributed by atoms with Gasteiger partial charge in [0.2, 0.25) is 0 Å². The molecule has 0 radical (unpaired) electrons. The summed E-state index contributed by atoms with van der Waals surface area (Å²) in [7, 11) is 0. The second-order valence-electron chi connectivity index (χ2n) is 5.49. The highest BCUT2D eigenvalue weighted by atomic mass is 16.5. The maximum absolute atomic E-state index is 12.7. The van der Waals surface area contributed by atoms with Crippen LogP contribution < -0.4 is 5.73 Å². The summed E-state index contributed by atoms with van der Waals surface area (Å²) < 4.78 is 5.64. The summed E-state index contributed by atoms with van der Waals surface area (Å²) >= 11 is 0. The fourth-order valence-electron chi connectivity index (χ4n) is 2.88. The van der Waals surface area contributed by atoms with Crippen LogP contribution in [0.1, 0.15) is 30.1 Å². The number of fused-ring (bicyclic) bond motifs is 1. The lowest BCUT2D eigenvalue weighted by atomic mass is 10.1. The Morgan fingerprint density at radius 3 is 3.10 bits per heavy atom. The van der Waals surface area contributed by atoms with Gasteiger partial charge >= 0.3 is 0 Å². The second-order valence-corrected chi connectivity index (χ2v) is 5.49. The second kappa shape index (κ2) is 5.77. The molecule has 1 fully saturated rings. The average Bonchev–Trinajstić information content (AvgIpc) is 3.12. The van der Waals surface area contributed by atoms with Crippen molar-refractivity contribution in [2.75, 3.05) is 25.4 Å². The molecule has 1 aliphatic heterocycles. The minimum Gasteiger partial charge on any atom is -0.399 e. The zero-order valence-electron chi connectivity index (χ0n) is 12.3. The van der Waals surface area contributed by atoms with E-state index in [0.717, 1.165) is 30.4 Å². The minimum absolute atomic E-state index is 0.0454. The molecule has 1 saturated heterocycles. The molecule has 112 valence electrons. The van der Waals surface area contributed by atoms with Gasteiger partial charge in [-0.1, -0.05) is 0 Å². The lowest BCUT2D eigenvalue weighted by molar-refractivity contribution is 0.0540. The van der Waals surface area contributed by atoms with Gasteiger partial charge in [-0.2, -0.15) is 0 Å². The van der Waals surface area contributed by atoms with Gasteiger partial charge in [-0.3, -0.25) is 4.79 Å². The smallest absolute Gasteiger partial charge is 0.256 e. The third-order valence-electron chi connectivity index (χ3n) is 4.05. The number of hydrogen-bond donors (Lipinski definition) is 2. The Balaban J connectivity index is 1.84. The Morgan fingerprint density at radius 2 is 2.38 bits per heavy atom. The standard InChI is InChI=1S/C16H21N3O2/c1-2-19(10-12-4-3-7-21-12)16(20)14-9-18-15-8-11(17)5-6-13(14)15/h5-6,8-9,12,18H,2-4,7,10,17H2,1H3. The molecular weight excluding hydrogens is 266 g/mol. The summed E-state index contributed by atoms with van der Waals surface area (Å²) in [5.41, 5.74) is 8.06. The van der Waals surface area contributed by atoms with Crippen LogP contribution in [0.2, 0.25) is 0 Å². The maximum Gasteiger partial charge on any atom is 0.256 e. The molecule has 2 heterocycles. The Hall–Kier alpha value is -2.01. The predicted octanol–water partition coefficient (Wildman–Crippen LogP) is 2.39. The van der Waals surface area contributed by atoms with Crippen LogP contribution in [0.5, 0.6) is 0 Å². The van der Waals surface area contributed by atoms with Crippen LogP contribution in [0, 0.1) is 0 Å². The van der Waals surface area contributed by atoms with Gasteiger partial charge in [-0.25, -0.2) is 0 Å². The third-order valence-corrected chi connectivity index (χ3v) is 4.05. The van der Waals surface area contributed by atoms with Crippen LogP contribution in [-0.4, -0.2) is 41.6 Å². The number of rotatable bonds is 4. The number of anilines is 1. The van der Waals surface area contributed by atoms with Gasteiger partial charge in [0.25, 0.3) is 5.91 Å². The number of benzene rings is 1. The van der Waals surface area contributed by atoms with Crippen LogP contribution in [-0.2, 0) is 4.74 Å². The number of carbonyl (C=O) groups excluding carboxylic acids is 1. The molecule has 1 atom stereocenters. The first-order chi connectivity index (χ1) is 10.2. The highest BCUT2D eigenvalue weighted by Crippen LogP contribution is 2.23. The number of nitrogen functional groups attached to an aromatic ring is 1. The average molecular weight is 287 g/mol. The fraction of sp³-hybridized carbons (Fsp3) is 0.438.